The summed E-state index contributed by atoms with van der Waals surface area (Å²) in [5.41, 5.74) is 11.8. The maximum Gasteiger partial charge on any atom is 0.160 e. The van der Waals surface area contributed by atoms with Gasteiger partial charge in [0.1, 0.15) is 0 Å². The van der Waals surface area contributed by atoms with E-state index in [1.54, 1.807) is 0 Å². The summed E-state index contributed by atoms with van der Waals surface area (Å²) in [5, 5.41) is 12.4. The monoisotopic (exact) mass is 787 g/mol. The van der Waals surface area contributed by atoms with Crippen molar-refractivity contribution in [1.82, 2.24) is 15.0 Å². The van der Waals surface area contributed by atoms with Gasteiger partial charge >= 0.3 is 0 Å². The molecular formula is C59H37N3. The molecule has 0 atom stereocenters. The summed E-state index contributed by atoms with van der Waals surface area (Å²) in [4.78, 5) is 14.7. The van der Waals surface area contributed by atoms with Crippen LogP contribution in [-0.4, -0.2) is 15.0 Å². The van der Waals surface area contributed by atoms with E-state index in [2.05, 4.69) is 199 Å². The molecule has 0 bridgehead atoms. The van der Waals surface area contributed by atoms with Crippen LogP contribution in [0.15, 0.2) is 225 Å². The summed E-state index contributed by atoms with van der Waals surface area (Å²) in [6.45, 7) is 0. The smallest absolute Gasteiger partial charge is 0.160 e. The first-order chi connectivity index (χ1) is 30.7. The van der Waals surface area contributed by atoms with Crippen molar-refractivity contribution < 1.29 is 0 Å². The minimum absolute atomic E-state index is 0.684. The molecule has 0 aliphatic rings. The SMILES string of the molecule is c1ccc(-c2cc(-c3ccc(-c4ccncc4)cc3)nc(-c3cccc(-c4cc5c6ccccc6c(-c6cc7ccccc7c7ccccc67)cc5c5ccccc45)c3)n2)cc1. The lowest BCUT2D eigenvalue weighted by Gasteiger charge is -2.18. The van der Waals surface area contributed by atoms with E-state index in [1.807, 2.05) is 30.6 Å². The second kappa shape index (κ2) is 14.8. The van der Waals surface area contributed by atoms with E-state index in [0.717, 1.165) is 44.8 Å². The molecule has 0 spiro atoms. The molecule has 288 valence electrons. The normalized spacial score (nSPS) is 11.5. The maximum absolute atomic E-state index is 5.25. The van der Waals surface area contributed by atoms with Gasteiger partial charge in [0.2, 0.25) is 0 Å². The Morgan fingerprint density at radius 3 is 1.35 bits per heavy atom. The van der Waals surface area contributed by atoms with Gasteiger partial charge in [-0.05, 0) is 130 Å². The molecule has 3 heteroatoms. The summed E-state index contributed by atoms with van der Waals surface area (Å²) in [6, 6.07) is 76.4. The maximum atomic E-state index is 5.25. The van der Waals surface area contributed by atoms with Crippen molar-refractivity contribution in [3.63, 3.8) is 0 Å². The highest BCUT2D eigenvalue weighted by atomic mass is 14.9. The van der Waals surface area contributed by atoms with E-state index in [4.69, 9.17) is 9.97 Å². The number of fused-ring (bicyclic) bond motifs is 8. The fourth-order valence-electron chi connectivity index (χ4n) is 9.37. The lowest BCUT2D eigenvalue weighted by Crippen LogP contribution is -1.96. The minimum atomic E-state index is 0.684. The molecule has 10 aromatic carbocycles. The molecule has 2 heterocycles. The lowest BCUT2D eigenvalue weighted by molar-refractivity contribution is 1.18. The molecule has 62 heavy (non-hydrogen) atoms. The molecule has 12 rings (SSSR count). The van der Waals surface area contributed by atoms with Crippen molar-refractivity contribution in [3.8, 4) is 67.3 Å². The molecule has 0 unspecified atom stereocenters. The predicted molar refractivity (Wildman–Crippen MR) is 260 cm³/mol. The molecule has 0 amide bonds. The second-order valence-electron chi connectivity index (χ2n) is 15.9. The molecule has 0 N–H and O–H groups in total. The molecule has 3 nitrogen and oxygen atoms in total. The van der Waals surface area contributed by atoms with Crippen LogP contribution in [0.4, 0.5) is 0 Å². The van der Waals surface area contributed by atoms with Gasteiger partial charge in [-0.1, -0.05) is 170 Å². The second-order valence-corrected chi connectivity index (χ2v) is 15.9. The Labute approximate surface area is 359 Å². The summed E-state index contributed by atoms with van der Waals surface area (Å²) in [6.07, 6.45) is 3.65. The van der Waals surface area contributed by atoms with Crippen molar-refractivity contribution in [3.05, 3.63) is 225 Å². The first-order valence-electron chi connectivity index (χ1n) is 21.1. The fourth-order valence-corrected chi connectivity index (χ4v) is 9.37. The van der Waals surface area contributed by atoms with Crippen LogP contribution in [0.2, 0.25) is 0 Å². The van der Waals surface area contributed by atoms with Gasteiger partial charge in [0.15, 0.2) is 5.82 Å². The lowest BCUT2D eigenvalue weighted by atomic mass is 9.86. The first-order valence-corrected chi connectivity index (χ1v) is 21.1. The molecule has 0 aliphatic heterocycles. The number of benzene rings is 10. The average Bonchev–Trinajstić information content (AvgIpc) is 3.36. The molecule has 0 saturated heterocycles. The van der Waals surface area contributed by atoms with Crippen molar-refractivity contribution in [1.29, 1.82) is 0 Å². The number of rotatable bonds is 6. The van der Waals surface area contributed by atoms with Crippen LogP contribution >= 0.6 is 0 Å². The fraction of sp³-hybridized carbons (Fsp3) is 0. The van der Waals surface area contributed by atoms with E-state index in [0.29, 0.717) is 5.82 Å². The molecule has 2 aromatic heterocycles. The quantitative estimate of drug-likeness (QED) is 0.158. The van der Waals surface area contributed by atoms with Crippen molar-refractivity contribution in [2.45, 2.75) is 0 Å². The van der Waals surface area contributed by atoms with Gasteiger partial charge in [-0.15, -0.1) is 0 Å². The molecule has 0 fully saturated rings. The van der Waals surface area contributed by atoms with E-state index >= 15 is 0 Å². The Hall–Kier alpha value is -8.27. The van der Waals surface area contributed by atoms with Crippen LogP contribution in [0.1, 0.15) is 0 Å². The Kier molecular flexibility index (Phi) is 8.50. The summed E-state index contributed by atoms with van der Waals surface area (Å²) in [7, 11) is 0. The van der Waals surface area contributed by atoms with E-state index in [-0.39, 0.29) is 0 Å². The van der Waals surface area contributed by atoms with Crippen molar-refractivity contribution in [2.75, 3.05) is 0 Å². The van der Waals surface area contributed by atoms with Crippen LogP contribution in [0, 0.1) is 0 Å². The summed E-state index contributed by atoms with van der Waals surface area (Å²) >= 11 is 0. The van der Waals surface area contributed by atoms with Crippen LogP contribution in [0.3, 0.4) is 0 Å². The number of hydrogen-bond acceptors (Lipinski definition) is 3. The molecule has 0 saturated carbocycles. The third-order valence-electron chi connectivity index (χ3n) is 12.4. The van der Waals surface area contributed by atoms with Gasteiger partial charge in [0.05, 0.1) is 11.4 Å². The highest BCUT2D eigenvalue weighted by molar-refractivity contribution is 6.26. The summed E-state index contributed by atoms with van der Waals surface area (Å²) < 4.78 is 0. The average molecular weight is 788 g/mol. The van der Waals surface area contributed by atoms with E-state index in [1.165, 1.54) is 70.6 Å². The van der Waals surface area contributed by atoms with E-state index in [9.17, 15) is 0 Å². The van der Waals surface area contributed by atoms with Gasteiger partial charge in [-0.2, -0.15) is 0 Å². The summed E-state index contributed by atoms with van der Waals surface area (Å²) in [5.74, 6) is 0.684. The zero-order chi connectivity index (χ0) is 41.0. The van der Waals surface area contributed by atoms with Crippen LogP contribution < -0.4 is 0 Å². The third kappa shape index (κ3) is 6.10. The Morgan fingerprint density at radius 2 is 0.694 bits per heavy atom. The first kappa shape index (κ1) is 35.7. The van der Waals surface area contributed by atoms with Crippen molar-refractivity contribution in [2.24, 2.45) is 0 Å². The number of hydrogen-bond donors (Lipinski definition) is 0. The molecular weight excluding hydrogens is 751 g/mol. The molecule has 0 radical (unpaired) electrons. The van der Waals surface area contributed by atoms with Gasteiger partial charge in [0, 0.05) is 29.1 Å². The number of pyridine rings is 1. The highest BCUT2D eigenvalue weighted by Gasteiger charge is 2.18. The number of aromatic nitrogens is 3. The van der Waals surface area contributed by atoms with Crippen molar-refractivity contribution >= 4 is 53.9 Å². The van der Waals surface area contributed by atoms with Crippen LogP contribution in [0.5, 0.6) is 0 Å². The topological polar surface area (TPSA) is 38.7 Å². The van der Waals surface area contributed by atoms with E-state index < -0.39 is 0 Å². The van der Waals surface area contributed by atoms with Gasteiger partial charge < -0.3 is 0 Å². The van der Waals surface area contributed by atoms with Gasteiger partial charge in [-0.3, -0.25) is 4.98 Å². The Morgan fingerprint density at radius 1 is 0.242 bits per heavy atom. The predicted octanol–water partition coefficient (Wildman–Crippen LogP) is 15.6. The largest absolute Gasteiger partial charge is 0.265 e. The third-order valence-corrected chi connectivity index (χ3v) is 12.4. The Balaban J connectivity index is 1.03. The Bertz CT molecular complexity index is 3670. The zero-order valence-corrected chi connectivity index (χ0v) is 33.7. The number of nitrogens with zero attached hydrogens (tertiary/aromatic N) is 3. The van der Waals surface area contributed by atoms with Crippen LogP contribution in [-0.2, 0) is 0 Å². The van der Waals surface area contributed by atoms with Gasteiger partial charge in [-0.25, -0.2) is 9.97 Å². The highest BCUT2D eigenvalue weighted by Crippen LogP contribution is 2.45. The zero-order valence-electron chi connectivity index (χ0n) is 33.7. The van der Waals surface area contributed by atoms with Gasteiger partial charge in [0.25, 0.3) is 0 Å². The minimum Gasteiger partial charge on any atom is -0.265 e. The van der Waals surface area contributed by atoms with Crippen LogP contribution in [0.25, 0.3) is 121 Å². The molecule has 0 aliphatic carbocycles. The standard InChI is InChI=1S/C59H37N3/c1-2-13-40(14-3-1)57-37-58(41-27-25-38(26-28-41)39-29-31-60-32-30-39)62-59(61-57)44-17-12-16-42(33-44)52-35-54-50-23-10-11-24-51(50)55(36-56(54)49-22-9-7-20-47(49)52)53-34-43-15-4-5-18-45(43)46-19-6-8-21-48(46)53/h1-37H. The molecule has 12 aromatic rings.